The molecular formula is C23H20N2O2S. The number of ether oxygens (including phenoxy) is 1. The number of para-hydroxylation sites is 1. The summed E-state index contributed by atoms with van der Waals surface area (Å²) in [7, 11) is 1.60. The first-order valence-corrected chi connectivity index (χ1v) is 9.79. The predicted molar refractivity (Wildman–Crippen MR) is 115 cm³/mol. The predicted octanol–water partition coefficient (Wildman–Crippen LogP) is 5.84. The molecule has 1 N–H and O–H groups in total. The molecule has 4 rings (SSSR count). The fraction of sp³-hybridized carbons (Fsp3) is 0.130. The van der Waals surface area contributed by atoms with Gasteiger partial charge >= 0.3 is 0 Å². The molecule has 0 saturated carbocycles. The SMILES string of the molecule is COc1ccc(-c2nc3ccccc3s2)cc1NC(=O)c1ccc(C)cc1C. The summed E-state index contributed by atoms with van der Waals surface area (Å²) in [6, 6.07) is 19.6. The van der Waals surface area contributed by atoms with E-state index >= 15 is 0 Å². The van der Waals surface area contributed by atoms with Crippen molar-refractivity contribution in [3.8, 4) is 16.3 Å². The molecule has 4 aromatic rings. The maximum absolute atomic E-state index is 12.8. The van der Waals surface area contributed by atoms with Crippen molar-refractivity contribution in [1.82, 2.24) is 4.98 Å². The van der Waals surface area contributed by atoms with Gasteiger partial charge in [0.05, 0.1) is 23.0 Å². The van der Waals surface area contributed by atoms with E-state index in [1.807, 2.05) is 68.4 Å². The van der Waals surface area contributed by atoms with Gasteiger partial charge in [-0.05, 0) is 55.8 Å². The number of methoxy groups -OCH3 is 1. The number of nitrogens with one attached hydrogen (secondary N) is 1. The van der Waals surface area contributed by atoms with Crippen LogP contribution in [0.3, 0.4) is 0 Å². The molecule has 1 aromatic heterocycles. The molecule has 1 heterocycles. The van der Waals surface area contributed by atoms with Crippen LogP contribution in [0.25, 0.3) is 20.8 Å². The Labute approximate surface area is 167 Å². The number of aromatic nitrogens is 1. The van der Waals surface area contributed by atoms with Gasteiger partial charge in [0.1, 0.15) is 10.8 Å². The zero-order chi connectivity index (χ0) is 19.7. The Morgan fingerprint density at radius 3 is 2.61 bits per heavy atom. The van der Waals surface area contributed by atoms with Gasteiger partial charge in [0.15, 0.2) is 0 Å². The van der Waals surface area contributed by atoms with Crippen LogP contribution < -0.4 is 10.1 Å². The van der Waals surface area contributed by atoms with E-state index in [4.69, 9.17) is 9.72 Å². The summed E-state index contributed by atoms with van der Waals surface area (Å²) >= 11 is 1.63. The summed E-state index contributed by atoms with van der Waals surface area (Å²) in [4.78, 5) is 17.5. The number of fused-ring (bicyclic) bond motifs is 1. The molecule has 4 nitrogen and oxygen atoms in total. The number of hydrogen-bond donors (Lipinski definition) is 1. The molecule has 140 valence electrons. The lowest BCUT2D eigenvalue weighted by Gasteiger charge is -2.13. The largest absolute Gasteiger partial charge is 0.495 e. The number of carbonyl (C=O) groups excluding carboxylic acids is 1. The van der Waals surface area contributed by atoms with Crippen LogP contribution in [0, 0.1) is 13.8 Å². The minimum absolute atomic E-state index is 0.155. The molecule has 0 saturated heterocycles. The Bertz CT molecular complexity index is 1150. The standard InChI is InChI=1S/C23H20N2O2S/c1-14-8-10-17(15(2)12-14)22(26)24-19-13-16(9-11-20(19)27-3)23-25-18-6-4-5-7-21(18)28-23/h4-13H,1-3H3,(H,24,26). The van der Waals surface area contributed by atoms with E-state index in [9.17, 15) is 4.79 Å². The topological polar surface area (TPSA) is 51.2 Å². The lowest BCUT2D eigenvalue weighted by Crippen LogP contribution is -2.14. The van der Waals surface area contributed by atoms with Crippen molar-refractivity contribution < 1.29 is 9.53 Å². The molecule has 5 heteroatoms. The Hall–Kier alpha value is -3.18. The van der Waals surface area contributed by atoms with Crippen LogP contribution in [0.4, 0.5) is 5.69 Å². The number of carbonyl (C=O) groups is 1. The molecular weight excluding hydrogens is 368 g/mol. The zero-order valence-corrected chi connectivity index (χ0v) is 16.8. The molecule has 0 radical (unpaired) electrons. The third-order valence-electron chi connectivity index (χ3n) is 4.62. The quantitative estimate of drug-likeness (QED) is 0.478. The monoisotopic (exact) mass is 388 g/mol. The number of amides is 1. The first-order chi connectivity index (χ1) is 13.5. The van der Waals surface area contributed by atoms with Gasteiger partial charge in [-0.15, -0.1) is 11.3 Å². The molecule has 1 amide bonds. The summed E-state index contributed by atoms with van der Waals surface area (Å²) in [6.45, 7) is 3.95. The van der Waals surface area contributed by atoms with Crippen molar-refractivity contribution in [2.45, 2.75) is 13.8 Å². The average molecular weight is 388 g/mol. The van der Waals surface area contributed by atoms with E-state index < -0.39 is 0 Å². The average Bonchev–Trinajstić information content (AvgIpc) is 3.12. The highest BCUT2D eigenvalue weighted by atomic mass is 32.1. The van der Waals surface area contributed by atoms with Gasteiger partial charge in [0, 0.05) is 11.1 Å². The maximum atomic E-state index is 12.8. The van der Waals surface area contributed by atoms with E-state index in [-0.39, 0.29) is 5.91 Å². The second-order valence-electron chi connectivity index (χ2n) is 6.67. The smallest absolute Gasteiger partial charge is 0.256 e. The van der Waals surface area contributed by atoms with Gasteiger partial charge in [-0.25, -0.2) is 4.98 Å². The molecule has 0 spiro atoms. The van der Waals surface area contributed by atoms with Crippen LogP contribution >= 0.6 is 11.3 Å². The number of nitrogens with zero attached hydrogens (tertiary/aromatic N) is 1. The molecule has 0 atom stereocenters. The van der Waals surface area contributed by atoms with Crippen molar-refractivity contribution in [3.05, 3.63) is 77.4 Å². The lowest BCUT2D eigenvalue weighted by atomic mass is 10.0. The minimum Gasteiger partial charge on any atom is -0.495 e. The summed E-state index contributed by atoms with van der Waals surface area (Å²) in [5.41, 5.74) is 5.27. The molecule has 28 heavy (non-hydrogen) atoms. The highest BCUT2D eigenvalue weighted by Gasteiger charge is 2.14. The van der Waals surface area contributed by atoms with Gasteiger partial charge in [0.25, 0.3) is 5.91 Å². The van der Waals surface area contributed by atoms with Crippen LogP contribution in [0.1, 0.15) is 21.5 Å². The number of anilines is 1. The molecule has 0 fully saturated rings. The molecule has 0 aliphatic carbocycles. The van der Waals surface area contributed by atoms with Gasteiger partial charge in [-0.1, -0.05) is 29.8 Å². The third kappa shape index (κ3) is 3.49. The fourth-order valence-electron chi connectivity index (χ4n) is 3.19. The van der Waals surface area contributed by atoms with Crippen LogP contribution in [0.15, 0.2) is 60.7 Å². The molecule has 0 aliphatic rings. The first kappa shape index (κ1) is 18.2. The lowest BCUT2D eigenvalue weighted by molar-refractivity contribution is 0.102. The van der Waals surface area contributed by atoms with E-state index in [2.05, 4.69) is 11.4 Å². The van der Waals surface area contributed by atoms with E-state index in [1.165, 1.54) is 0 Å². The Kier molecular flexibility index (Phi) is 4.84. The van der Waals surface area contributed by atoms with Gasteiger partial charge in [-0.3, -0.25) is 4.79 Å². The molecule has 0 aliphatic heterocycles. The summed E-state index contributed by atoms with van der Waals surface area (Å²) < 4.78 is 6.58. The van der Waals surface area contributed by atoms with E-state index in [0.29, 0.717) is 17.0 Å². The van der Waals surface area contributed by atoms with E-state index in [1.54, 1.807) is 18.4 Å². The number of benzene rings is 3. The first-order valence-electron chi connectivity index (χ1n) is 8.98. The Balaban J connectivity index is 1.69. The van der Waals surface area contributed by atoms with Crippen LogP contribution in [0.2, 0.25) is 0 Å². The van der Waals surface area contributed by atoms with Crippen molar-refractivity contribution in [2.75, 3.05) is 12.4 Å². The van der Waals surface area contributed by atoms with Crippen molar-refractivity contribution in [2.24, 2.45) is 0 Å². The Morgan fingerprint density at radius 1 is 1.04 bits per heavy atom. The fourth-order valence-corrected chi connectivity index (χ4v) is 4.15. The molecule has 3 aromatic carbocycles. The second kappa shape index (κ2) is 7.44. The van der Waals surface area contributed by atoms with Crippen molar-refractivity contribution in [1.29, 1.82) is 0 Å². The molecule has 0 bridgehead atoms. The highest BCUT2D eigenvalue weighted by Crippen LogP contribution is 2.35. The molecule has 0 unspecified atom stereocenters. The van der Waals surface area contributed by atoms with Gasteiger partial charge < -0.3 is 10.1 Å². The normalized spacial score (nSPS) is 10.8. The summed E-state index contributed by atoms with van der Waals surface area (Å²) in [5.74, 6) is 0.459. The van der Waals surface area contributed by atoms with Gasteiger partial charge in [-0.2, -0.15) is 0 Å². The second-order valence-corrected chi connectivity index (χ2v) is 7.70. The minimum atomic E-state index is -0.155. The summed E-state index contributed by atoms with van der Waals surface area (Å²) in [6.07, 6.45) is 0. The van der Waals surface area contributed by atoms with Crippen LogP contribution in [-0.2, 0) is 0 Å². The highest BCUT2D eigenvalue weighted by molar-refractivity contribution is 7.21. The van der Waals surface area contributed by atoms with Gasteiger partial charge in [0.2, 0.25) is 0 Å². The van der Waals surface area contributed by atoms with Crippen molar-refractivity contribution in [3.63, 3.8) is 0 Å². The van der Waals surface area contributed by atoms with E-state index in [0.717, 1.165) is 31.9 Å². The maximum Gasteiger partial charge on any atom is 0.256 e. The Morgan fingerprint density at radius 2 is 1.86 bits per heavy atom. The summed E-state index contributed by atoms with van der Waals surface area (Å²) in [5, 5.41) is 3.90. The number of rotatable bonds is 4. The number of aryl methyl sites for hydroxylation is 2. The zero-order valence-electron chi connectivity index (χ0n) is 15.9. The van der Waals surface area contributed by atoms with Crippen molar-refractivity contribution >= 4 is 33.1 Å². The third-order valence-corrected chi connectivity index (χ3v) is 5.70. The van der Waals surface area contributed by atoms with Crippen LogP contribution in [-0.4, -0.2) is 18.0 Å². The number of hydrogen-bond acceptors (Lipinski definition) is 4. The number of thiazole rings is 1. The van der Waals surface area contributed by atoms with Crippen LogP contribution in [0.5, 0.6) is 5.75 Å².